The van der Waals surface area contributed by atoms with Crippen LogP contribution in [0.25, 0.3) is 0 Å². The number of allylic oxidation sites excluding steroid dienone is 1. The summed E-state index contributed by atoms with van der Waals surface area (Å²) in [5.74, 6) is 0.210. The van der Waals surface area contributed by atoms with Crippen molar-refractivity contribution in [1.29, 1.82) is 0 Å². The van der Waals surface area contributed by atoms with Gasteiger partial charge in [0.15, 0.2) is 0 Å². The number of hydrogen-bond donors (Lipinski definition) is 0. The lowest BCUT2D eigenvalue weighted by Crippen LogP contribution is -2.55. The minimum atomic E-state index is -1.56. The summed E-state index contributed by atoms with van der Waals surface area (Å²) < 4.78 is 7.97. The van der Waals surface area contributed by atoms with E-state index in [-0.39, 0.29) is 5.97 Å². The lowest BCUT2D eigenvalue weighted by molar-refractivity contribution is -0.129. The molecule has 2 rings (SSSR count). The van der Waals surface area contributed by atoms with Gasteiger partial charge in [-0.3, -0.25) is 0 Å². The zero-order valence-corrected chi connectivity index (χ0v) is 17.4. The van der Waals surface area contributed by atoms with E-state index in [0.29, 0.717) is 5.75 Å². The maximum atomic E-state index is 12.4. The summed E-state index contributed by atoms with van der Waals surface area (Å²) in [5, 5.41) is 0. The van der Waals surface area contributed by atoms with E-state index in [4.69, 9.17) is 17.0 Å². The van der Waals surface area contributed by atoms with Gasteiger partial charge in [0.05, 0.1) is 0 Å². The Morgan fingerprint density at radius 1 is 1.13 bits per heavy atom. The van der Waals surface area contributed by atoms with Crippen LogP contribution in [0.3, 0.4) is 0 Å². The van der Waals surface area contributed by atoms with Crippen molar-refractivity contribution in [1.82, 2.24) is 4.23 Å². The second kappa shape index (κ2) is 6.70. The smallest absolute Gasteiger partial charge is 0.338 e. The molecule has 0 amide bonds. The summed E-state index contributed by atoms with van der Waals surface area (Å²) in [7, 11) is -3.12. The average molecular weight is 364 g/mol. The topological polar surface area (TPSA) is 29.5 Å². The van der Waals surface area contributed by atoms with Gasteiger partial charge in [-0.2, -0.15) is 0 Å². The Bertz CT molecular complexity index is 625. The summed E-state index contributed by atoms with van der Waals surface area (Å²) in [5.41, 5.74) is 0.909. The van der Waals surface area contributed by atoms with E-state index in [9.17, 15) is 4.79 Å². The van der Waals surface area contributed by atoms with Crippen molar-refractivity contribution in [2.75, 3.05) is 0 Å². The Hall–Kier alpha value is -1.25. The molecule has 0 atom stereocenters. The molecule has 0 unspecified atom stereocenters. The molecule has 0 radical (unpaired) electrons. The molecule has 1 aliphatic heterocycles. The minimum absolute atomic E-state index is 0.350. The van der Waals surface area contributed by atoms with Crippen LogP contribution in [0.1, 0.15) is 6.92 Å². The summed E-state index contributed by atoms with van der Waals surface area (Å²) >= 11 is 5.47. The summed E-state index contributed by atoms with van der Waals surface area (Å²) in [4.78, 5) is 13.1. The number of benzene rings is 1. The van der Waals surface area contributed by atoms with Gasteiger partial charge in [0.25, 0.3) is 0 Å². The molecule has 0 aliphatic carbocycles. The Balaban J connectivity index is 2.31. The summed E-state index contributed by atoms with van der Waals surface area (Å²) in [6.07, 6.45) is 1.60. The number of carbonyl (C=O) groups is 1. The highest BCUT2D eigenvalue weighted by atomic mass is 32.1. The van der Waals surface area contributed by atoms with Crippen LogP contribution in [0.5, 0.6) is 5.75 Å². The van der Waals surface area contributed by atoms with Crippen LogP contribution in [-0.4, -0.2) is 31.5 Å². The molecule has 0 aromatic heterocycles. The Morgan fingerprint density at radius 2 is 1.65 bits per heavy atom. The van der Waals surface area contributed by atoms with E-state index in [1.54, 1.807) is 18.2 Å². The van der Waals surface area contributed by atoms with Crippen LogP contribution >= 0.6 is 12.2 Å². The second-order valence-electron chi connectivity index (χ2n) is 7.28. The number of rotatable bonds is 4. The number of para-hydroxylation sites is 1. The van der Waals surface area contributed by atoms with Gasteiger partial charge < -0.3 is 8.97 Å². The van der Waals surface area contributed by atoms with E-state index >= 15 is 0 Å². The van der Waals surface area contributed by atoms with Crippen LogP contribution in [0.2, 0.25) is 38.3 Å². The molecule has 1 fully saturated rings. The largest absolute Gasteiger partial charge is 0.423 e. The third-order valence-corrected chi connectivity index (χ3v) is 14.6. The van der Waals surface area contributed by atoms with Gasteiger partial charge in [-0.15, -0.1) is 0 Å². The van der Waals surface area contributed by atoms with Crippen molar-refractivity contribution in [3.63, 3.8) is 0 Å². The molecular weight excluding hydrogens is 338 g/mol. The van der Waals surface area contributed by atoms with Gasteiger partial charge in [-0.1, -0.05) is 56.6 Å². The molecule has 1 aliphatic rings. The van der Waals surface area contributed by atoms with E-state index in [2.05, 4.69) is 30.4 Å². The molecule has 1 aromatic carbocycles. The van der Waals surface area contributed by atoms with Gasteiger partial charge in [0.2, 0.25) is 0 Å². The van der Waals surface area contributed by atoms with Crippen molar-refractivity contribution in [3.05, 3.63) is 42.1 Å². The van der Waals surface area contributed by atoms with Crippen molar-refractivity contribution >= 4 is 39.5 Å². The number of esters is 1. The minimum Gasteiger partial charge on any atom is -0.423 e. The van der Waals surface area contributed by atoms with Crippen LogP contribution in [-0.2, 0) is 4.79 Å². The quantitative estimate of drug-likeness (QED) is 0.257. The molecule has 0 N–H and O–H groups in total. The number of carbonyl (C=O) groups excluding carboxylic acids is 1. The molecule has 0 bridgehead atoms. The lowest BCUT2D eigenvalue weighted by atomic mass is 10.3. The second-order valence-corrected chi connectivity index (χ2v) is 17.5. The fourth-order valence-electron chi connectivity index (χ4n) is 3.38. The Morgan fingerprint density at radius 3 is 2.13 bits per heavy atom. The first kappa shape index (κ1) is 18.1. The number of nitrogens with zero attached hydrogens (tertiary/aromatic N) is 1. The molecule has 1 saturated heterocycles. The van der Waals surface area contributed by atoms with Gasteiger partial charge in [0, 0.05) is 16.6 Å². The van der Waals surface area contributed by atoms with Crippen LogP contribution in [0.15, 0.2) is 42.1 Å². The first-order valence-corrected chi connectivity index (χ1v) is 14.6. The van der Waals surface area contributed by atoms with Crippen molar-refractivity contribution in [2.45, 2.75) is 45.2 Å². The zero-order valence-electron chi connectivity index (χ0n) is 14.6. The van der Waals surface area contributed by atoms with E-state index < -0.39 is 16.5 Å². The third kappa shape index (κ3) is 4.19. The van der Waals surface area contributed by atoms with Gasteiger partial charge in [-0.05, 0) is 31.1 Å². The van der Waals surface area contributed by atoms with Gasteiger partial charge in [-0.25, -0.2) is 4.79 Å². The molecular formula is C17H25NO2SSi2. The first-order valence-electron chi connectivity index (χ1n) is 7.93. The number of ether oxygens (including phenoxy) is 1. The SMILES string of the molecule is CC(=S)C(=CC(=O)Oc1ccccc1)N1[Si](C)(C)CC[Si]1(C)C. The van der Waals surface area contributed by atoms with E-state index in [1.165, 1.54) is 12.1 Å². The summed E-state index contributed by atoms with van der Waals surface area (Å²) in [6, 6.07) is 11.7. The molecule has 0 saturated carbocycles. The van der Waals surface area contributed by atoms with Crippen LogP contribution < -0.4 is 4.74 Å². The molecule has 6 heteroatoms. The van der Waals surface area contributed by atoms with Crippen molar-refractivity contribution in [3.8, 4) is 5.75 Å². The first-order chi connectivity index (χ1) is 10.6. The standard InChI is InChI=1S/C17H25NO2SSi2/c1-14(21)16(18-22(2,3)11-12-23(18,4)5)13-17(19)20-15-9-7-6-8-10-15/h6-10,13H,11-12H2,1-5H3. The maximum Gasteiger partial charge on any atom is 0.338 e. The normalized spacial score (nSPS) is 19.5. The molecule has 124 valence electrons. The highest BCUT2D eigenvalue weighted by Gasteiger charge is 2.48. The van der Waals surface area contributed by atoms with E-state index in [0.717, 1.165) is 10.6 Å². The fraction of sp³-hybridized carbons (Fsp3) is 0.412. The maximum absolute atomic E-state index is 12.4. The monoisotopic (exact) mass is 363 g/mol. The molecule has 0 spiro atoms. The molecule has 23 heavy (non-hydrogen) atoms. The highest BCUT2D eigenvalue weighted by molar-refractivity contribution is 7.80. The zero-order chi connectivity index (χ0) is 17.3. The van der Waals surface area contributed by atoms with Crippen LogP contribution in [0.4, 0.5) is 0 Å². The van der Waals surface area contributed by atoms with E-state index in [1.807, 2.05) is 25.1 Å². The van der Waals surface area contributed by atoms with Crippen LogP contribution in [0, 0.1) is 0 Å². The van der Waals surface area contributed by atoms with Crippen molar-refractivity contribution in [2.24, 2.45) is 0 Å². The predicted octanol–water partition coefficient (Wildman–Crippen LogP) is 4.59. The molecule has 1 aromatic rings. The Kier molecular flexibility index (Phi) is 5.28. The Labute approximate surface area is 146 Å². The average Bonchev–Trinajstić information content (AvgIpc) is 2.66. The lowest BCUT2D eigenvalue weighted by Gasteiger charge is -2.42. The molecule has 1 heterocycles. The number of hydrogen-bond acceptors (Lipinski definition) is 4. The van der Waals surface area contributed by atoms with Gasteiger partial charge in [0.1, 0.15) is 22.2 Å². The fourth-order valence-corrected chi connectivity index (χ4v) is 18.0. The molecule has 3 nitrogen and oxygen atoms in total. The predicted molar refractivity (Wildman–Crippen MR) is 105 cm³/mol. The number of thiocarbonyl (C=S) groups is 1. The highest BCUT2D eigenvalue weighted by Crippen LogP contribution is 2.40. The van der Waals surface area contributed by atoms with Gasteiger partial charge >= 0.3 is 5.97 Å². The summed E-state index contributed by atoms with van der Waals surface area (Å²) in [6.45, 7) is 11.4. The third-order valence-electron chi connectivity index (χ3n) is 4.38. The van der Waals surface area contributed by atoms with Crippen molar-refractivity contribution < 1.29 is 9.53 Å².